The third-order valence-corrected chi connectivity index (χ3v) is 3.31. The second-order valence-corrected chi connectivity index (χ2v) is 6.77. The van der Waals surface area contributed by atoms with E-state index < -0.39 is 18.1 Å². The number of carboxylic acids is 1. The summed E-state index contributed by atoms with van der Waals surface area (Å²) in [4.78, 5) is 22.8. The molecule has 3 N–H and O–H groups in total. The van der Waals surface area contributed by atoms with Crippen LogP contribution in [-0.4, -0.2) is 35.3 Å². The molecule has 0 aromatic heterocycles. The van der Waals surface area contributed by atoms with E-state index in [-0.39, 0.29) is 12.1 Å². The van der Waals surface area contributed by atoms with Gasteiger partial charge in [-0.05, 0) is 45.6 Å². The number of carboxylic acid groups (broad SMARTS) is 1. The standard InChI is InChI=1S/C18H28N2O4/c1-18(2,3)20-15(16(21)22)11-7-8-12-19-17(23)24-13-14-9-5-4-6-10-14/h4-6,9-10,15,20H,7-8,11-13H2,1-3H3,(H,19,23)(H,21,22)/t15-/m0/s1. The first-order valence-corrected chi connectivity index (χ1v) is 8.23. The third-order valence-electron chi connectivity index (χ3n) is 3.31. The first kappa shape index (κ1) is 20.0. The minimum Gasteiger partial charge on any atom is -0.480 e. The molecular weight excluding hydrogens is 308 g/mol. The smallest absolute Gasteiger partial charge is 0.407 e. The van der Waals surface area contributed by atoms with Crippen LogP contribution < -0.4 is 10.6 Å². The number of ether oxygens (including phenoxy) is 1. The molecule has 0 saturated heterocycles. The summed E-state index contributed by atoms with van der Waals surface area (Å²) in [6.07, 6.45) is 1.48. The number of rotatable bonds is 9. The number of hydrogen-bond donors (Lipinski definition) is 3. The van der Waals surface area contributed by atoms with Gasteiger partial charge >= 0.3 is 12.1 Å². The highest BCUT2D eigenvalue weighted by atomic mass is 16.5. The van der Waals surface area contributed by atoms with E-state index in [1.54, 1.807) is 0 Å². The van der Waals surface area contributed by atoms with E-state index in [2.05, 4.69) is 10.6 Å². The van der Waals surface area contributed by atoms with Gasteiger partial charge in [0.05, 0.1) is 0 Å². The van der Waals surface area contributed by atoms with Crippen molar-refractivity contribution < 1.29 is 19.4 Å². The predicted octanol–water partition coefficient (Wildman–Crippen LogP) is 2.92. The predicted molar refractivity (Wildman–Crippen MR) is 92.8 cm³/mol. The van der Waals surface area contributed by atoms with Crippen LogP contribution in [-0.2, 0) is 16.1 Å². The number of carbonyl (C=O) groups is 2. The summed E-state index contributed by atoms with van der Waals surface area (Å²) in [7, 11) is 0. The molecule has 0 radical (unpaired) electrons. The molecule has 1 amide bonds. The summed E-state index contributed by atoms with van der Waals surface area (Å²) >= 11 is 0. The monoisotopic (exact) mass is 336 g/mol. The molecule has 0 aliphatic rings. The van der Waals surface area contributed by atoms with Gasteiger partial charge in [-0.3, -0.25) is 10.1 Å². The minimum absolute atomic E-state index is 0.239. The number of aliphatic carboxylic acids is 1. The molecule has 6 nitrogen and oxygen atoms in total. The Morgan fingerprint density at radius 3 is 2.42 bits per heavy atom. The lowest BCUT2D eigenvalue weighted by atomic mass is 10.0. The van der Waals surface area contributed by atoms with Crippen LogP contribution in [0.3, 0.4) is 0 Å². The third kappa shape index (κ3) is 9.15. The summed E-state index contributed by atoms with van der Waals surface area (Å²) < 4.78 is 5.10. The molecular formula is C18H28N2O4. The second-order valence-electron chi connectivity index (χ2n) is 6.77. The summed E-state index contributed by atoms with van der Waals surface area (Å²) in [6.45, 7) is 6.52. The first-order valence-electron chi connectivity index (χ1n) is 8.23. The number of alkyl carbamates (subject to hydrolysis) is 1. The number of benzene rings is 1. The average molecular weight is 336 g/mol. The molecule has 0 bridgehead atoms. The Bertz CT molecular complexity index is 512. The van der Waals surface area contributed by atoms with E-state index in [1.807, 2.05) is 51.1 Å². The summed E-state index contributed by atoms with van der Waals surface area (Å²) in [6, 6.07) is 8.89. The molecule has 0 aliphatic carbocycles. The van der Waals surface area contributed by atoms with Crippen molar-refractivity contribution in [2.75, 3.05) is 6.54 Å². The summed E-state index contributed by atoms with van der Waals surface area (Å²) in [5, 5.41) is 15.0. The van der Waals surface area contributed by atoms with E-state index in [0.29, 0.717) is 25.8 Å². The average Bonchev–Trinajstić information content (AvgIpc) is 2.51. The van der Waals surface area contributed by atoms with E-state index >= 15 is 0 Å². The Hall–Kier alpha value is -2.08. The lowest BCUT2D eigenvalue weighted by Crippen LogP contribution is -2.47. The summed E-state index contributed by atoms with van der Waals surface area (Å²) in [5.41, 5.74) is 0.688. The van der Waals surface area contributed by atoms with Gasteiger partial charge in [0.25, 0.3) is 0 Å². The van der Waals surface area contributed by atoms with Gasteiger partial charge in [0, 0.05) is 12.1 Å². The van der Waals surface area contributed by atoms with Crippen molar-refractivity contribution in [3.05, 3.63) is 35.9 Å². The van der Waals surface area contributed by atoms with Gasteiger partial charge in [0.1, 0.15) is 12.6 Å². The highest BCUT2D eigenvalue weighted by Crippen LogP contribution is 2.07. The van der Waals surface area contributed by atoms with E-state index in [4.69, 9.17) is 4.74 Å². The van der Waals surface area contributed by atoms with Crippen LogP contribution in [0.1, 0.15) is 45.6 Å². The van der Waals surface area contributed by atoms with Crippen molar-refractivity contribution >= 4 is 12.1 Å². The van der Waals surface area contributed by atoms with Gasteiger partial charge in [0.2, 0.25) is 0 Å². The van der Waals surface area contributed by atoms with Crippen molar-refractivity contribution in [2.24, 2.45) is 0 Å². The zero-order valence-electron chi connectivity index (χ0n) is 14.7. The van der Waals surface area contributed by atoms with Crippen molar-refractivity contribution in [3.63, 3.8) is 0 Å². The molecule has 0 fully saturated rings. The van der Waals surface area contributed by atoms with Crippen molar-refractivity contribution in [3.8, 4) is 0 Å². The molecule has 6 heteroatoms. The van der Waals surface area contributed by atoms with Crippen molar-refractivity contribution in [1.29, 1.82) is 0 Å². The van der Waals surface area contributed by atoms with Gasteiger partial charge in [-0.15, -0.1) is 0 Å². The van der Waals surface area contributed by atoms with Crippen LogP contribution in [0.5, 0.6) is 0 Å². The lowest BCUT2D eigenvalue weighted by Gasteiger charge is -2.26. The Morgan fingerprint density at radius 1 is 1.17 bits per heavy atom. The number of carbonyl (C=O) groups excluding carboxylic acids is 1. The quantitative estimate of drug-likeness (QED) is 0.604. The van der Waals surface area contributed by atoms with Crippen LogP contribution in [0.15, 0.2) is 30.3 Å². The first-order chi connectivity index (χ1) is 11.3. The number of amides is 1. The normalized spacial score (nSPS) is 12.5. The zero-order chi connectivity index (χ0) is 18.0. The fraction of sp³-hybridized carbons (Fsp3) is 0.556. The largest absolute Gasteiger partial charge is 0.480 e. The molecule has 1 rings (SSSR count). The Labute approximate surface area is 143 Å². The summed E-state index contributed by atoms with van der Waals surface area (Å²) in [5.74, 6) is -0.847. The Kier molecular flexibility index (Phi) is 8.26. The Morgan fingerprint density at radius 2 is 1.83 bits per heavy atom. The van der Waals surface area contributed by atoms with Gasteiger partial charge in [0.15, 0.2) is 0 Å². The van der Waals surface area contributed by atoms with Crippen LogP contribution in [0.2, 0.25) is 0 Å². The maximum atomic E-state index is 11.6. The molecule has 134 valence electrons. The maximum Gasteiger partial charge on any atom is 0.407 e. The Balaban J connectivity index is 2.16. The lowest BCUT2D eigenvalue weighted by molar-refractivity contribution is -0.140. The van der Waals surface area contributed by atoms with Gasteiger partial charge in [-0.2, -0.15) is 0 Å². The molecule has 0 unspecified atom stereocenters. The van der Waals surface area contributed by atoms with E-state index in [1.165, 1.54) is 0 Å². The molecule has 0 heterocycles. The van der Waals surface area contributed by atoms with E-state index in [9.17, 15) is 14.7 Å². The number of nitrogens with one attached hydrogen (secondary N) is 2. The number of hydrogen-bond acceptors (Lipinski definition) is 4. The second kappa shape index (κ2) is 9.93. The fourth-order valence-electron chi connectivity index (χ4n) is 2.22. The molecule has 1 atom stereocenters. The van der Waals surface area contributed by atoms with Gasteiger partial charge in [-0.25, -0.2) is 4.79 Å². The minimum atomic E-state index is -0.847. The number of unbranched alkanes of at least 4 members (excludes halogenated alkanes) is 1. The van der Waals surface area contributed by atoms with Gasteiger partial charge in [-0.1, -0.05) is 30.3 Å². The van der Waals surface area contributed by atoms with Crippen LogP contribution in [0.4, 0.5) is 4.79 Å². The maximum absolute atomic E-state index is 11.6. The molecule has 0 aliphatic heterocycles. The topological polar surface area (TPSA) is 87.7 Å². The highest BCUT2D eigenvalue weighted by Gasteiger charge is 2.22. The van der Waals surface area contributed by atoms with Crippen LogP contribution in [0.25, 0.3) is 0 Å². The molecule has 1 aromatic rings. The fourth-order valence-corrected chi connectivity index (χ4v) is 2.22. The van der Waals surface area contributed by atoms with Crippen LogP contribution >= 0.6 is 0 Å². The highest BCUT2D eigenvalue weighted by molar-refractivity contribution is 5.73. The zero-order valence-corrected chi connectivity index (χ0v) is 14.7. The molecule has 1 aromatic carbocycles. The molecule has 0 spiro atoms. The molecule has 24 heavy (non-hydrogen) atoms. The van der Waals surface area contributed by atoms with Crippen molar-refractivity contribution in [1.82, 2.24) is 10.6 Å². The molecule has 0 saturated carbocycles. The van der Waals surface area contributed by atoms with Crippen LogP contribution in [0, 0.1) is 0 Å². The van der Waals surface area contributed by atoms with E-state index in [0.717, 1.165) is 5.56 Å². The SMILES string of the molecule is CC(C)(C)N[C@@H](CCCCNC(=O)OCc1ccccc1)C(=O)O. The van der Waals surface area contributed by atoms with Crippen molar-refractivity contribution in [2.45, 2.75) is 58.2 Å². The van der Waals surface area contributed by atoms with Gasteiger partial charge < -0.3 is 15.2 Å².